The molecule has 10 heteroatoms. The molecule has 0 bridgehead atoms. The maximum atomic E-state index is 13.2. The molecule has 1 heterocycles. The summed E-state index contributed by atoms with van der Waals surface area (Å²) >= 11 is 0. The molecule has 3 aromatic rings. The Kier molecular flexibility index (Phi) is 5.74. The van der Waals surface area contributed by atoms with Gasteiger partial charge in [0.1, 0.15) is 5.82 Å². The second-order valence-electron chi connectivity index (χ2n) is 6.27. The maximum absolute atomic E-state index is 13.2. The SMILES string of the molecule is CN(C)c1ccc(C(=O)Nc2ccc(S(=O)(=O)Nc3cccc(F)c3)cc2)nn1. The van der Waals surface area contributed by atoms with Gasteiger partial charge in [-0.3, -0.25) is 9.52 Å². The summed E-state index contributed by atoms with van der Waals surface area (Å²) in [5.41, 5.74) is 0.625. The van der Waals surface area contributed by atoms with Crippen LogP contribution in [0.25, 0.3) is 0 Å². The van der Waals surface area contributed by atoms with E-state index in [1.807, 2.05) is 14.1 Å². The van der Waals surface area contributed by atoms with Crippen LogP contribution < -0.4 is 14.9 Å². The predicted octanol–water partition coefficient (Wildman–Crippen LogP) is 2.73. The quantitative estimate of drug-likeness (QED) is 0.642. The molecule has 0 aliphatic heterocycles. The first-order chi connectivity index (χ1) is 13.7. The van der Waals surface area contributed by atoms with Gasteiger partial charge in [0, 0.05) is 19.8 Å². The van der Waals surface area contributed by atoms with E-state index in [4.69, 9.17) is 0 Å². The van der Waals surface area contributed by atoms with Crippen molar-refractivity contribution < 1.29 is 17.6 Å². The van der Waals surface area contributed by atoms with Crippen LogP contribution in [0, 0.1) is 5.82 Å². The third-order valence-electron chi connectivity index (χ3n) is 3.84. The number of amides is 1. The van der Waals surface area contributed by atoms with Gasteiger partial charge in [0.2, 0.25) is 0 Å². The van der Waals surface area contributed by atoms with E-state index < -0.39 is 21.7 Å². The van der Waals surface area contributed by atoms with Gasteiger partial charge in [-0.25, -0.2) is 12.8 Å². The molecule has 0 fully saturated rings. The first-order valence-corrected chi connectivity index (χ1v) is 9.94. The Balaban J connectivity index is 1.70. The normalized spacial score (nSPS) is 11.0. The summed E-state index contributed by atoms with van der Waals surface area (Å²) in [6, 6.07) is 13.9. The predicted molar refractivity (Wildman–Crippen MR) is 108 cm³/mol. The molecule has 0 radical (unpaired) electrons. The van der Waals surface area contributed by atoms with Crippen molar-refractivity contribution >= 4 is 33.1 Å². The summed E-state index contributed by atoms with van der Waals surface area (Å²) in [5, 5.41) is 10.4. The zero-order valence-corrected chi connectivity index (χ0v) is 16.4. The molecule has 0 atom stereocenters. The second-order valence-corrected chi connectivity index (χ2v) is 7.95. The molecule has 0 saturated heterocycles. The average molecular weight is 415 g/mol. The summed E-state index contributed by atoms with van der Waals surface area (Å²) < 4.78 is 40.4. The number of hydrogen-bond acceptors (Lipinski definition) is 6. The Morgan fingerprint density at radius 3 is 2.28 bits per heavy atom. The lowest BCUT2D eigenvalue weighted by Crippen LogP contribution is -2.17. The highest BCUT2D eigenvalue weighted by molar-refractivity contribution is 7.92. The van der Waals surface area contributed by atoms with Gasteiger partial charge in [-0.05, 0) is 54.6 Å². The van der Waals surface area contributed by atoms with Crippen LogP contribution in [0.3, 0.4) is 0 Å². The molecule has 8 nitrogen and oxygen atoms in total. The first kappa shape index (κ1) is 20.2. The highest BCUT2D eigenvalue weighted by atomic mass is 32.2. The van der Waals surface area contributed by atoms with Gasteiger partial charge < -0.3 is 10.2 Å². The fourth-order valence-electron chi connectivity index (χ4n) is 2.36. The molecule has 0 aliphatic carbocycles. The van der Waals surface area contributed by atoms with Crippen LogP contribution in [0.5, 0.6) is 0 Å². The van der Waals surface area contributed by atoms with E-state index in [-0.39, 0.29) is 16.3 Å². The molecule has 1 aromatic heterocycles. The fourth-order valence-corrected chi connectivity index (χ4v) is 3.41. The van der Waals surface area contributed by atoms with Crippen LogP contribution in [-0.2, 0) is 10.0 Å². The number of nitrogens with one attached hydrogen (secondary N) is 2. The monoisotopic (exact) mass is 415 g/mol. The molecule has 1 amide bonds. The van der Waals surface area contributed by atoms with Crippen molar-refractivity contribution in [3.05, 3.63) is 72.2 Å². The zero-order chi connectivity index (χ0) is 21.0. The van der Waals surface area contributed by atoms with Gasteiger partial charge in [0.25, 0.3) is 15.9 Å². The molecule has 29 heavy (non-hydrogen) atoms. The third-order valence-corrected chi connectivity index (χ3v) is 5.24. The maximum Gasteiger partial charge on any atom is 0.276 e. The van der Waals surface area contributed by atoms with Crippen LogP contribution in [0.2, 0.25) is 0 Å². The number of halogens is 1. The van der Waals surface area contributed by atoms with Gasteiger partial charge >= 0.3 is 0 Å². The van der Waals surface area contributed by atoms with Crippen molar-refractivity contribution in [1.82, 2.24) is 10.2 Å². The van der Waals surface area contributed by atoms with Crippen molar-refractivity contribution in [2.75, 3.05) is 29.0 Å². The average Bonchev–Trinajstić information content (AvgIpc) is 2.68. The number of carbonyl (C=O) groups excluding carboxylic acids is 1. The Morgan fingerprint density at radius 2 is 1.69 bits per heavy atom. The van der Waals surface area contributed by atoms with Crippen LogP contribution in [0.4, 0.5) is 21.6 Å². The topological polar surface area (TPSA) is 104 Å². The Morgan fingerprint density at radius 1 is 0.966 bits per heavy atom. The zero-order valence-electron chi connectivity index (χ0n) is 15.6. The van der Waals surface area contributed by atoms with E-state index >= 15 is 0 Å². The Bertz CT molecular complexity index is 1120. The number of benzene rings is 2. The van der Waals surface area contributed by atoms with E-state index in [1.54, 1.807) is 17.0 Å². The number of aromatic nitrogens is 2. The lowest BCUT2D eigenvalue weighted by Gasteiger charge is -2.11. The van der Waals surface area contributed by atoms with Gasteiger partial charge in [0.15, 0.2) is 11.5 Å². The van der Waals surface area contributed by atoms with Gasteiger partial charge in [-0.15, -0.1) is 10.2 Å². The molecular weight excluding hydrogens is 397 g/mol. The minimum atomic E-state index is -3.90. The van der Waals surface area contributed by atoms with Crippen LogP contribution in [0.15, 0.2) is 65.6 Å². The summed E-state index contributed by atoms with van der Waals surface area (Å²) in [6.45, 7) is 0. The van der Waals surface area contributed by atoms with Crippen LogP contribution in [0.1, 0.15) is 10.5 Å². The van der Waals surface area contributed by atoms with E-state index in [2.05, 4.69) is 20.2 Å². The van der Waals surface area contributed by atoms with Gasteiger partial charge in [-0.2, -0.15) is 0 Å². The highest BCUT2D eigenvalue weighted by Crippen LogP contribution is 2.19. The first-order valence-electron chi connectivity index (χ1n) is 8.45. The fraction of sp³-hybridized carbons (Fsp3) is 0.105. The summed E-state index contributed by atoms with van der Waals surface area (Å²) in [5.74, 6) is -0.414. The Labute approximate surface area is 167 Å². The smallest absolute Gasteiger partial charge is 0.276 e. The molecule has 2 aromatic carbocycles. The molecule has 3 rings (SSSR count). The summed E-state index contributed by atoms with van der Waals surface area (Å²) in [6.07, 6.45) is 0. The number of nitrogens with zero attached hydrogens (tertiary/aromatic N) is 3. The second kappa shape index (κ2) is 8.23. The highest BCUT2D eigenvalue weighted by Gasteiger charge is 2.15. The number of rotatable bonds is 6. The Hall–Kier alpha value is -3.53. The van der Waals surface area contributed by atoms with E-state index in [0.29, 0.717) is 11.5 Å². The van der Waals surface area contributed by atoms with Crippen molar-refractivity contribution in [3.8, 4) is 0 Å². The minimum absolute atomic E-state index is 0.0325. The number of sulfonamides is 1. The third kappa shape index (κ3) is 5.05. The summed E-state index contributed by atoms with van der Waals surface area (Å²) in [4.78, 5) is 14.0. The van der Waals surface area contributed by atoms with Crippen LogP contribution >= 0.6 is 0 Å². The molecule has 0 unspecified atom stereocenters. The minimum Gasteiger partial charge on any atom is -0.361 e. The van der Waals surface area contributed by atoms with Crippen molar-refractivity contribution in [1.29, 1.82) is 0 Å². The molecule has 0 spiro atoms. The van der Waals surface area contributed by atoms with Gasteiger partial charge in [-0.1, -0.05) is 6.07 Å². The summed E-state index contributed by atoms with van der Waals surface area (Å²) in [7, 11) is -0.281. The van der Waals surface area contributed by atoms with E-state index in [0.717, 1.165) is 6.07 Å². The van der Waals surface area contributed by atoms with Crippen molar-refractivity contribution in [3.63, 3.8) is 0 Å². The van der Waals surface area contributed by atoms with Gasteiger partial charge in [0.05, 0.1) is 10.6 Å². The van der Waals surface area contributed by atoms with Crippen molar-refractivity contribution in [2.24, 2.45) is 0 Å². The lowest BCUT2D eigenvalue weighted by atomic mass is 10.3. The van der Waals surface area contributed by atoms with Crippen LogP contribution in [-0.4, -0.2) is 38.6 Å². The molecule has 0 saturated carbocycles. The largest absolute Gasteiger partial charge is 0.361 e. The van der Waals surface area contributed by atoms with E-state index in [1.165, 1.54) is 42.5 Å². The van der Waals surface area contributed by atoms with Crippen molar-refractivity contribution in [2.45, 2.75) is 4.90 Å². The molecule has 150 valence electrons. The molecule has 0 aliphatic rings. The number of carbonyl (C=O) groups is 1. The molecular formula is C19H18FN5O3S. The number of anilines is 3. The number of hydrogen-bond donors (Lipinski definition) is 2. The lowest BCUT2D eigenvalue weighted by molar-refractivity contribution is 0.102. The molecule has 2 N–H and O–H groups in total. The standard InChI is InChI=1S/C19H18FN5O3S/c1-25(2)18-11-10-17(22-23-18)19(26)21-14-6-8-16(9-7-14)29(27,28)24-15-5-3-4-13(20)12-15/h3-12,24H,1-2H3,(H,21,26). The van der Waals surface area contributed by atoms with E-state index in [9.17, 15) is 17.6 Å².